The van der Waals surface area contributed by atoms with Crippen molar-refractivity contribution in [1.29, 1.82) is 0 Å². The molecule has 1 aromatic rings. The van der Waals surface area contributed by atoms with Gasteiger partial charge in [0.25, 0.3) is 0 Å². The highest BCUT2D eigenvalue weighted by atomic mass is 16.3. The van der Waals surface area contributed by atoms with E-state index in [1.807, 2.05) is 36.1 Å². The average Bonchev–Trinajstić information content (AvgIpc) is 3.01. The SMILES string of the molecule is CC(NC(=O)CC1(O)CCCCC1)c1ccc(N2CCCC2=O)cc1. The van der Waals surface area contributed by atoms with Crippen molar-refractivity contribution in [1.82, 2.24) is 5.32 Å². The first kappa shape index (κ1) is 17.9. The highest BCUT2D eigenvalue weighted by molar-refractivity contribution is 5.95. The summed E-state index contributed by atoms with van der Waals surface area (Å²) in [6.07, 6.45) is 6.28. The number of hydrogen-bond acceptors (Lipinski definition) is 3. The smallest absolute Gasteiger partial charge is 0.227 e. The molecule has 2 aliphatic rings. The molecule has 0 radical (unpaired) electrons. The van der Waals surface area contributed by atoms with Crippen LogP contribution in [-0.4, -0.2) is 29.1 Å². The van der Waals surface area contributed by atoms with Crippen LogP contribution in [0.5, 0.6) is 0 Å². The molecule has 2 fully saturated rings. The monoisotopic (exact) mass is 344 g/mol. The van der Waals surface area contributed by atoms with Crippen LogP contribution in [-0.2, 0) is 9.59 Å². The number of carbonyl (C=O) groups excluding carboxylic acids is 2. The maximum absolute atomic E-state index is 12.3. The molecule has 0 bridgehead atoms. The number of nitrogens with zero attached hydrogens (tertiary/aromatic N) is 1. The van der Waals surface area contributed by atoms with Crippen molar-refractivity contribution < 1.29 is 14.7 Å². The molecule has 1 saturated carbocycles. The largest absolute Gasteiger partial charge is 0.389 e. The van der Waals surface area contributed by atoms with Crippen LogP contribution in [0.3, 0.4) is 0 Å². The lowest BCUT2D eigenvalue weighted by atomic mass is 9.82. The highest BCUT2D eigenvalue weighted by Crippen LogP contribution is 2.31. The van der Waals surface area contributed by atoms with Crippen molar-refractivity contribution in [2.24, 2.45) is 0 Å². The fraction of sp³-hybridized carbons (Fsp3) is 0.600. The van der Waals surface area contributed by atoms with Crippen molar-refractivity contribution in [3.8, 4) is 0 Å². The van der Waals surface area contributed by atoms with Crippen LogP contribution >= 0.6 is 0 Å². The van der Waals surface area contributed by atoms with E-state index in [-0.39, 0.29) is 24.3 Å². The zero-order chi connectivity index (χ0) is 17.9. The molecule has 1 saturated heterocycles. The second-order valence-electron chi connectivity index (χ2n) is 7.49. The lowest BCUT2D eigenvalue weighted by Gasteiger charge is -2.31. The van der Waals surface area contributed by atoms with E-state index in [1.165, 1.54) is 0 Å². The summed E-state index contributed by atoms with van der Waals surface area (Å²) in [6.45, 7) is 2.72. The number of rotatable bonds is 5. The lowest BCUT2D eigenvalue weighted by molar-refractivity contribution is -0.128. The van der Waals surface area contributed by atoms with Gasteiger partial charge in [0, 0.05) is 18.7 Å². The summed E-state index contributed by atoms with van der Waals surface area (Å²) in [4.78, 5) is 25.9. The predicted octanol–water partition coefficient (Wildman–Crippen LogP) is 3.08. The molecule has 2 N–H and O–H groups in total. The molecule has 1 atom stereocenters. The molecular formula is C20H28N2O3. The third-order valence-electron chi connectivity index (χ3n) is 5.43. The van der Waals surface area contributed by atoms with Gasteiger partial charge < -0.3 is 15.3 Å². The van der Waals surface area contributed by atoms with E-state index < -0.39 is 5.60 Å². The van der Waals surface area contributed by atoms with Gasteiger partial charge >= 0.3 is 0 Å². The maximum Gasteiger partial charge on any atom is 0.227 e. The minimum absolute atomic E-state index is 0.101. The third kappa shape index (κ3) is 4.40. The zero-order valence-electron chi connectivity index (χ0n) is 15.0. The Balaban J connectivity index is 1.56. The van der Waals surface area contributed by atoms with Gasteiger partial charge in [0.15, 0.2) is 0 Å². The van der Waals surface area contributed by atoms with Gasteiger partial charge in [-0.15, -0.1) is 0 Å². The average molecular weight is 344 g/mol. The van der Waals surface area contributed by atoms with Crippen LogP contribution in [0.1, 0.15) is 69.9 Å². The van der Waals surface area contributed by atoms with Gasteiger partial charge in [0.1, 0.15) is 0 Å². The molecule has 1 heterocycles. The fourth-order valence-electron chi connectivity index (χ4n) is 3.93. The number of aliphatic hydroxyl groups is 1. The second kappa shape index (κ2) is 7.56. The molecule has 1 aromatic carbocycles. The van der Waals surface area contributed by atoms with Gasteiger partial charge in [-0.2, -0.15) is 0 Å². The molecule has 136 valence electrons. The van der Waals surface area contributed by atoms with E-state index in [9.17, 15) is 14.7 Å². The Kier molecular flexibility index (Phi) is 5.42. The Morgan fingerprint density at radius 1 is 1.20 bits per heavy atom. The highest BCUT2D eigenvalue weighted by Gasteiger charge is 2.32. The van der Waals surface area contributed by atoms with Gasteiger partial charge in [0.05, 0.1) is 18.1 Å². The van der Waals surface area contributed by atoms with Gasteiger partial charge in [-0.05, 0) is 43.9 Å². The van der Waals surface area contributed by atoms with E-state index in [0.29, 0.717) is 19.3 Å². The van der Waals surface area contributed by atoms with E-state index >= 15 is 0 Å². The molecule has 5 heteroatoms. The van der Waals surface area contributed by atoms with Crippen LogP contribution < -0.4 is 10.2 Å². The fourth-order valence-corrected chi connectivity index (χ4v) is 3.93. The van der Waals surface area contributed by atoms with Crippen LogP contribution in [0.15, 0.2) is 24.3 Å². The minimum Gasteiger partial charge on any atom is -0.389 e. The number of amides is 2. The molecule has 1 aliphatic heterocycles. The van der Waals surface area contributed by atoms with Crippen LogP contribution in [0.4, 0.5) is 5.69 Å². The predicted molar refractivity (Wildman–Crippen MR) is 97.2 cm³/mol. The van der Waals surface area contributed by atoms with Crippen molar-refractivity contribution in [3.05, 3.63) is 29.8 Å². The molecule has 1 unspecified atom stereocenters. The van der Waals surface area contributed by atoms with Gasteiger partial charge in [-0.25, -0.2) is 0 Å². The van der Waals surface area contributed by atoms with E-state index in [4.69, 9.17) is 0 Å². The summed E-state index contributed by atoms with van der Waals surface area (Å²) < 4.78 is 0. The Morgan fingerprint density at radius 3 is 2.48 bits per heavy atom. The number of anilines is 1. The van der Waals surface area contributed by atoms with Crippen molar-refractivity contribution in [3.63, 3.8) is 0 Å². The number of hydrogen-bond donors (Lipinski definition) is 2. The molecule has 1 aliphatic carbocycles. The Hall–Kier alpha value is -1.88. The first-order chi connectivity index (χ1) is 12.0. The Morgan fingerprint density at radius 2 is 1.88 bits per heavy atom. The standard InChI is InChI=1S/C20H28N2O3/c1-15(21-18(23)14-20(25)11-3-2-4-12-20)16-7-9-17(10-8-16)22-13-5-6-19(22)24/h7-10,15,25H,2-6,11-14H2,1H3,(H,21,23). The van der Waals surface area contributed by atoms with Crippen LogP contribution in [0.25, 0.3) is 0 Å². The number of carbonyl (C=O) groups is 2. The molecule has 25 heavy (non-hydrogen) atoms. The molecule has 0 spiro atoms. The quantitative estimate of drug-likeness (QED) is 0.862. The first-order valence-electron chi connectivity index (χ1n) is 9.39. The summed E-state index contributed by atoms with van der Waals surface area (Å²) in [6, 6.07) is 7.68. The number of nitrogens with one attached hydrogen (secondary N) is 1. The molecule has 5 nitrogen and oxygen atoms in total. The maximum atomic E-state index is 12.3. The minimum atomic E-state index is -0.831. The van der Waals surface area contributed by atoms with Gasteiger partial charge in [-0.3, -0.25) is 9.59 Å². The molecule has 2 amide bonds. The van der Waals surface area contributed by atoms with E-state index in [0.717, 1.165) is 43.5 Å². The number of benzene rings is 1. The van der Waals surface area contributed by atoms with Crippen molar-refractivity contribution >= 4 is 17.5 Å². The summed E-state index contributed by atoms with van der Waals surface area (Å²) in [5.74, 6) is 0.0746. The van der Waals surface area contributed by atoms with Crippen molar-refractivity contribution in [2.45, 2.75) is 69.9 Å². The lowest BCUT2D eigenvalue weighted by Crippen LogP contribution is -2.39. The Labute approximate surface area is 149 Å². The summed E-state index contributed by atoms with van der Waals surface area (Å²) >= 11 is 0. The summed E-state index contributed by atoms with van der Waals surface area (Å²) in [5, 5.41) is 13.5. The third-order valence-corrected chi connectivity index (χ3v) is 5.43. The van der Waals surface area contributed by atoms with E-state index in [1.54, 1.807) is 0 Å². The van der Waals surface area contributed by atoms with Crippen LogP contribution in [0, 0.1) is 0 Å². The van der Waals surface area contributed by atoms with Gasteiger partial charge in [-0.1, -0.05) is 31.4 Å². The molecule has 0 aromatic heterocycles. The van der Waals surface area contributed by atoms with E-state index in [2.05, 4.69) is 5.32 Å². The molecule has 3 rings (SSSR count). The zero-order valence-corrected chi connectivity index (χ0v) is 15.0. The first-order valence-corrected chi connectivity index (χ1v) is 9.39. The normalized spacial score (nSPS) is 21.2. The van der Waals surface area contributed by atoms with Crippen molar-refractivity contribution in [2.75, 3.05) is 11.4 Å². The van der Waals surface area contributed by atoms with Crippen LogP contribution in [0.2, 0.25) is 0 Å². The molecular weight excluding hydrogens is 316 g/mol. The Bertz CT molecular complexity index is 620. The second-order valence-corrected chi connectivity index (χ2v) is 7.49. The summed E-state index contributed by atoms with van der Waals surface area (Å²) in [7, 11) is 0. The summed E-state index contributed by atoms with van der Waals surface area (Å²) in [5.41, 5.74) is 1.09. The topological polar surface area (TPSA) is 69.6 Å². The van der Waals surface area contributed by atoms with Gasteiger partial charge in [0.2, 0.25) is 11.8 Å².